The van der Waals surface area contributed by atoms with Crippen molar-refractivity contribution in [1.29, 1.82) is 0 Å². The summed E-state index contributed by atoms with van der Waals surface area (Å²) in [6.45, 7) is 1.16. The molecule has 1 fully saturated rings. The monoisotopic (exact) mass is 323 g/mol. The van der Waals surface area contributed by atoms with Crippen LogP contribution in [-0.4, -0.2) is 18.5 Å². The van der Waals surface area contributed by atoms with Gasteiger partial charge in [-0.05, 0) is 41.5 Å². The van der Waals surface area contributed by atoms with Crippen LogP contribution >= 0.6 is 12.4 Å². The zero-order valence-electron chi connectivity index (χ0n) is 13.5. The Bertz CT molecular complexity index is 721. The Balaban J connectivity index is 0.00000156. The van der Waals surface area contributed by atoms with Gasteiger partial charge in [0.05, 0.1) is 0 Å². The summed E-state index contributed by atoms with van der Waals surface area (Å²) in [5.41, 5.74) is 8.30. The molecule has 23 heavy (non-hydrogen) atoms. The third kappa shape index (κ3) is 2.82. The maximum atomic E-state index is 2.46. The van der Waals surface area contributed by atoms with Crippen LogP contribution in [0.25, 0.3) is 17.7 Å². The molecule has 1 saturated heterocycles. The Hall–Kier alpha value is -1.99. The molecule has 0 N–H and O–H groups in total. The van der Waals surface area contributed by atoms with Crippen molar-refractivity contribution in [2.45, 2.75) is 19.3 Å². The number of benzene rings is 2. The normalized spacial score (nSPS) is 16.3. The second-order valence-corrected chi connectivity index (χ2v) is 6.21. The van der Waals surface area contributed by atoms with Gasteiger partial charge in [0, 0.05) is 24.9 Å². The van der Waals surface area contributed by atoms with Crippen molar-refractivity contribution in [1.82, 2.24) is 4.90 Å². The van der Waals surface area contributed by atoms with Crippen molar-refractivity contribution in [2.24, 2.45) is 0 Å². The lowest BCUT2D eigenvalue weighted by Gasteiger charge is -2.31. The fourth-order valence-electron chi connectivity index (χ4n) is 3.66. The van der Waals surface area contributed by atoms with Gasteiger partial charge in [0.15, 0.2) is 0 Å². The fourth-order valence-corrected chi connectivity index (χ4v) is 3.66. The van der Waals surface area contributed by atoms with Crippen LogP contribution in [0.1, 0.15) is 41.5 Å². The number of allylic oxidation sites excluding steroid dienone is 1. The van der Waals surface area contributed by atoms with Crippen molar-refractivity contribution < 1.29 is 0 Å². The van der Waals surface area contributed by atoms with Crippen molar-refractivity contribution in [2.75, 3.05) is 13.6 Å². The number of hydrogen-bond acceptors (Lipinski definition) is 1. The molecule has 0 unspecified atom stereocenters. The summed E-state index contributed by atoms with van der Waals surface area (Å²) >= 11 is 0. The van der Waals surface area contributed by atoms with Crippen LogP contribution in [0.5, 0.6) is 0 Å². The summed E-state index contributed by atoms with van der Waals surface area (Å²) in [4.78, 5) is 2.46. The smallest absolute Gasteiger partial charge is 0.0216 e. The number of piperidine rings is 1. The van der Waals surface area contributed by atoms with Crippen LogP contribution in [0, 0.1) is 0 Å². The van der Waals surface area contributed by atoms with Crippen molar-refractivity contribution >= 4 is 30.1 Å². The molecule has 2 heteroatoms. The highest BCUT2D eigenvalue weighted by atomic mass is 35.5. The van der Waals surface area contributed by atoms with E-state index in [-0.39, 0.29) is 12.4 Å². The Labute approximate surface area is 144 Å². The first-order valence-corrected chi connectivity index (χ1v) is 8.16. The minimum atomic E-state index is 0. The molecule has 118 valence electrons. The predicted octanol–water partition coefficient (Wildman–Crippen LogP) is 5.47. The van der Waals surface area contributed by atoms with E-state index in [4.69, 9.17) is 0 Å². The Morgan fingerprint density at radius 1 is 0.783 bits per heavy atom. The molecule has 2 aromatic rings. The summed E-state index contributed by atoms with van der Waals surface area (Å²) in [5.74, 6) is 0. The number of fused-ring (bicyclic) bond motifs is 2. The summed E-state index contributed by atoms with van der Waals surface area (Å²) in [5, 5.41) is 0. The third-order valence-corrected chi connectivity index (χ3v) is 4.81. The number of likely N-dealkylation sites (tertiary alicyclic amines) is 1. The average Bonchev–Trinajstić information content (AvgIpc) is 2.73. The van der Waals surface area contributed by atoms with E-state index < -0.39 is 0 Å². The van der Waals surface area contributed by atoms with E-state index in [0.29, 0.717) is 0 Å². The molecule has 0 saturated carbocycles. The molecule has 0 spiro atoms. The first-order chi connectivity index (χ1) is 10.8. The molecular formula is C21H22ClN. The zero-order chi connectivity index (χ0) is 14.9. The molecule has 1 heterocycles. The van der Waals surface area contributed by atoms with Crippen LogP contribution in [0.3, 0.4) is 0 Å². The number of rotatable bonds is 0. The van der Waals surface area contributed by atoms with Gasteiger partial charge < -0.3 is 4.90 Å². The number of hydrogen-bond donors (Lipinski definition) is 0. The highest BCUT2D eigenvalue weighted by molar-refractivity contribution is 5.94. The maximum Gasteiger partial charge on any atom is 0.0216 e. The van der Waals surface area contributed by atoms with E-state index in [1.807, 2.05) is 0 Å². The van der Waals surface area contributed by atoms with Gasteiger partial charge in [-0.3, -0.25) is 0 Å². The molecule has 0 aromatic heterocycles. The quantitative estimate of drug-likeness (QED) is 0.530. The van der Waals surface area contributed by atoms with Crippen molar-refractivity contribution in [3.8, 4) is 0 Å². The van der Waals surface area contributed by atoms with Gasteiger partial charge in [0.1, 0.15) is 0 Å². The lowest BCUT2D eigenvalue weighted by atomic mass is 9.89. The number of nitrogens with zero attached hydrogens (tertiary/aromatic N) is 1. The topological polar surface area (TPSA) is 3.24 Å². The summed E-state index contributed by atoms with van der Waals surface area (Å²) < 4.78 is 0. The van der Waals surface area contributed by atoms with Gasteiger partial charge in [-0.25, -0.2) is 0 Å². The van der Waals surface area contributed by atoms with Gasteiger partial charge in [-0.2, -0.15) is 0 Å². The van der Waals surface area contributed by atoms with Crippen LogP contribution in [0.4, 0.5) is 0 Å². The largest absolute Gasteiger partial charge is 0.377 e. The maximum absolute atomic E-state index is 2.46. The molecule has 1 aliphatic carbocycles. The second-order valence-electron chi connectivity index (χ2n) is 6.21. The SMILES string of the molecule is CN1CCCCC1=C1c2ccccc2C=Cc2ccccc21.Cl. The van der Waals surface area contributed by atoms with Crippen LogP contribution in [0.2, 0.25) is 0 Å². The Kier molecular flexibility index (Phi) is 4.58. The van der Waals surface area contributed by atoms with Gasteiger partial charge in [0.2, 0.25) is 0 Å². The lowest BCUT2D eigenvalue weighted by molar-refractivity contribution is 0.347. The van der Waals surface area contributed by atoms with E-state index in [2.05, 4.69) is 72.6 Å². The van der Waals surface area contributed by atoms with Crippen molar-refractivity contribution in [3.05, 3.63) is 76.5 Å². The standard InChI is InChI=1S/C21H21N.ClH/c1-22-15-7-6-12-20(22)21-18-10-4-2-8-16(18)13-14-17-9-3-5-11-19(17)21;/h2-5,8-11,13-14H,6-7,12,15H2,1H3;1H. The summed E-state index contributed by atoms with van der Waals surface area (Å²) in [6.07, 6.45) is 8.28. The first-order valence-electron chi connectivity index (χ1n) is 8.16. The molecule has 0 amide bonds. The van der Waals surface area contributed by atoms with E-state index in [1.54, 1.807) is 0 Å². The first kappa shape index (κ1) is 15.9. The molecule has 0 atom stereocenters. The number of halogens is 1. The molecule has 2 aromatic carbocycles. The molecule has 4 rings (SSSR count). The second kappa shape index (κ2) is 6.64. The van der Waals surface area contributed by atoms with E-state index in [0.717, 1.165) is 6.54 Å². The van der Waals surface area contributed by atoms with E-state index in [9.17, 15) is 0 Å². The summed E-state index contributed by atoms with van der Waals surface area (Å²) in [7, 11) is 2.24. The van der Waals surface area contributed by atoms with Crippen molar-refractivity contribution in [3.63, 3.8) is 0 Å². The van der Waals surface area contributed by atoms with E-state index in [1.165, 1.54) is 52.8 Å². The Morgan fingerprint density at radius 2 is 1.35 bits per heavy atom. The highest BCUT2D eigenvalue weighted by Gasteiger charge is 2.22. The van der Waals surface area contributed by atoms with Gasteiger partial charge >= 0.3 is 0 Å². The third-order valence-electron chi connectivity index (χ3n) is 4.81. The summed E-state index contributed by atoms with van der Waals surface area (Å²) in [6, 6.07) is 17.6. The molecule has 0 radical (unpaired) electrons. The van der Waals surface area contributed by atoms with Gasteiger partial charge in [-0.15, -0.1) is 12.4 Å². The average molecular weight is 324 g/mol. The Morgan fingerprint density at radius 3 is 1.91 bits per heavy atom. The molecule has 1 aliphatic heterocycles. The zero-order valence-corrected chi connectivity index (χ0v) is 14.3. The molecule has 1 nitrogen and oxygen atoms in total. The van der Waals surface area contributed by atoms with Crippen LogP contribution in [0.15, 0.2) is 54.2 Å². The van der Waals surface area contributed by atoms with Crippen LogP contribution in [-0.2, 0) is 0 Å². The van der Waals surface area contributed by atoms with Crippen LogP contribution < -0.4 is 0 Å². The predicted molar refractivity (Wildman–Crippen MR) is 102 cm³/mol. The molecule has 2 aliphatic rings. The minimum Gasteiger partial charge on any atom is -0.377 e. The lowest BCUT2D eigenvalue weighted by Crippen LogP contribution is -2.25. The highest BCUT2D eigenvalue weighted by Crippen LogP contribution is 2.38. The minimum absolute atomic E-state index is 0. The van der Waals surface area contributed by atoms with E-state index >= 15 is 0 Å². The molecule has 0 bridgehead atoms. The van der Waals surface area contributed by atoms with Gasteiger partial charge in [-0.1, -0.05) is 60.7 Å². The molecular weight excluding hydrogens is 302 g/mol. The fraction of sp³-hybridized carbons (Fsp3) is 0.238. The van der Waals surface area contributed by atoms with Gasteiger partial charge in [0.25, 0.3) is 0 Å².